The van der Waals surface area contributed by atoms with Crippen molar-refractivity contribution in [1.82, 2.24) is 20.2 Å². The molecule has 21 heavy (non-hydrogen) atoms. The van der Waals surface area contributed by atoms with Crippen molar-refractivity contribution >= 4 is 22.5 Å². The lowest BCUT2D eigenvalue weighted by Gasteiger charge is -2.07. The van der Waals surface area contributed by atoms with Crippen LogP contribution in [0.25, 0.3) is 10.9 Å². The summed E-state index contributed by atoms with van der Waals surface area (Å²) in [5.41, 5.74) is 2.32. The summed E-state index contributed by atoms with van der Waals surface area (Å²) in [4.78, 5) is 20.8. The van der Waals surface area contributed by atoms with E-state index in [1.165, 1.54) is 0 Å². The molecule has 0 saturated carbocycles. The predicted molar refractivity (Wildman–Crippen MR) is 80.2 cm³/mol. The van der Waals surface area contributed by atoms with Crippen LogP contribution in [0, 0.1) is 6.92 Å². The first-order chi connectivity index (χ1) is 10.2. The van der Waals surface area contributed by atoms with E-state index in [9.17, 15) is 4.79 Å². The number of amides is 1. The zero-order valence-electron chi connectivity index (χ0n) is 11.8. The quantitative estimate of drug-likeness (QED) is 0.772. The number of carbonyl (C=O) groups excluding carboxylic acids is 1. The highest BCUT2D eigenvalue weighted by molar-refractivity contribution is 6.06. The van der Waals surface area contributed by atoms with Gasteiger partial charge in [0.2, 0.25) is 5.82 Å². The number of rotatable bonds is 3. The molecule has 0 aliphatic heterocycles. The van der Waals surface area contributed by atoms with Crippen molar-refractivity contribution in [2.45, 2.75) is 20.3 Å². The summed E-state index contributed by atoms with van der Waals surface area (Å²) < 4.78 is 0. The Kier molecular flexibility index (Phi) is 3.35. The maximum atomic E-state index is 12.2. The van der Waals surface area contributed by atoms with Gasteiger partial charge in [-0.1, -0.05) is 25.1 Å². The van der Waals surface area contributed by atoms with Gasteiger partial charge in [-0.15, -0.1) is 5.10 Å². The topological polar surface area (TPSA) is 83.6 Å². The van der Waals surface area contributed by atoms with Crippen LogP contribution in [0.1, 0.15) is 29.1 Å². The standard InChI is InChI=1S/C15H15N5O/c1-3-12-18-14(20-19-12)15(21)17-11-6-4-5-10-8-7-9(2)16-13(10)11/h4-8H,3H2,1-2H3,(H,17,21)(H,18,19,20). The van der Waals surface area contributed by atoms with Crippen LogP contribution in [0.15, 0.2) is 30.3 Å². The first kappa shape index (κ1) is 13.2. The zero-order chi connectivity index (χ0) is 14.8. The smallest absolute Gasteiger partial charge is 0.295 e. The molecule has 0 atom stereocenters. The summed E-state index contributed by atoms with van der Waals surface area (Å²) in [6.07, 6.45) is 0.704. The number of aromatic nitrogens is 4. The first-order valence-electron chi connectivity index (χ1n) is 6.76. The molecule has 106 valence electrons. The number of carbonyl (C=O) groups is 1. The summed E-state index contributed by atoms with van der Waals surface area (Å²) in [5, 5.41) is 10.4. The maximum Gasteiger partial charge on any atom is 0.295 e. The van der Waals surface area contributed by atoms with Gasteiger partial charge in [0.1, 0.15) is 5.82 Å². The molecule has 2 aromatic heterocycles. The maximum absolute atomic E-state index is 12.2. The largest absolute Gasteiger partial charge is 0.317 e. The number of hydrogen-bond acceptors (Lipinski definition) is 4. The van der Waals surface area contributed by atoms with Gasteiger partial charge in [0.25, 0.3) is 5.91 Å². The van der Waals surface area contributed by atoms with E-state index in [-0.39, 0.29) is 11.7 Å². The predicted octanol–water partition coefficient (Wildman–Crippen LogP) is 2.48. The normalized spacial score (nSPS) is 10.8. The van der Waals surface area contributed by atoms with E-state index in [0.717, 1.165) is 16.6 Å². The van der Waals surface area contributed by atoms with Gasteiger partial charge in [0.05, 0.1) is 11.2 Å². The molecule has 0 radical (unpaired) electrons. The molecule has 2 heterocycles. The minimum atomic E-state index is -0.346. The van der Waals surface area contributed by atoms with Crippen molar-refractivity contribution in [3.8, 4) is 0 Å². The van der Waals surface area contributed by atoms with Gasteiger partial charge in [0.15, 0.2) is 0 Å². The van der Waals surface area contributed by atoms with Gasteiger partial charge >= 0.3 is 0 Å². The molecule has 2 N–H and O–H groups in total. The fourth-order valence-corrected chi connectivity index (χ4v) is 2.08. The molecule has 3 rings (SSSR count). The van der Waals surface area contributed by atoms with Crippen LogP contribution in [0.5, 0.6) is 0 Å². The number of hydrogen-bond donors (Lipinski definition) is 2. The highest BCUT2D eigenvalue weighted by Gasteiger charge is 2.13. The summed E-state index contributed by atoms with van der Waals surface area (Å²) in [5.74, 6) is 0.477. The van der Waals surface area contributed by atoms with Crippen LogP contribution in [0.4, 0.5) is 5.69 Å². The lowest BCUT2D eigenvalue weighted by Crippen LogP contribution is -2.14. The molecular formula is C15H15N5O. The SMILES string of the molecule is CCc1nc(C(=O)Nc2cccc3ccc(C)nc23)n[nH]1. The van der Waals surface area contributed by atoms with Gasteiger partial charge in [-0.25, -0.2) is 4.98 Å². The molecule has 0 spiro atoms. The summed E-state index contributed by atoms with van der Waals surface area (Å²) in [6.45, 7) is 3.86. The van der Waals surface area contributed by atoms with Gasteiger partial charge < -0.3 is 5.32 Å². The van der Waals surface area contributed by atoms with Crippen LogP contribution in [0.2, 0.25) is 0 Å². The second-order valence-electron chi connectivity index (χ2n) is 4.74. The molecule has 6 heteroatoms. The molecule has 0 saturated heterocycles. The third-order valence-electron chi connectivity index (χ3n) is 3.18. The average Bonchev–Trinajstić information content (AvgIpc) is 2.97. The van der Waals surface area contributed by atoms with Gasteiger partial charge in [-0.05, 0) is 19.1 Å². The molecule has 0 bridgehead atoms. The van der Waals surface area contributed by atoms with E-state index in [2.05, 4.69) is 25.5 Å². The number of para-hydroxylation sites is 1. The van der Waals surface area contributed by atoms with Gasteiger partial charge in [-0.3, -0.25) is 14.9 Å². The number of fused-ring (bicyclic) bond motifs is 1. The number of pyridine rings is 1. The van der Waals surface area contributed by atoms with E-state index >= 15 is 0 Å². The van der Waals surface area contributed by atoms with Gasteiger partial charge in [-0.2, -0.15) is 0 Å². The van der Waals surface area contributed by atoms with Crippen molar-refractivity contribution in [2.75, 3.05) is 5.32 Å². The monoisotopic (exact) mass is 281 g/mol. The number of nitrogens with zero attached hydrogens (tertiary/aromatic N) is 3. The van der Waals surface area contributed by atoms with Crippen LogP contribution in [0.3, 0.4) is 0 Å². The molecule has 0 aliphatic carbocycles. The van der Waals surface area contributed by atoms with Crippen molar-refractivity contribution < 1.29 is 4.79 Å². The van der Waals surface area contributed by atoms with E-state index < -0.39 is 0 Å². The number of anilines is 1. The van der Waals surface area contributed by atoms with E-state index in [1.54, 1.807) is 0 Å². The number of nitrogens with one attached hydrogen (secondary N) is 2. The number of H-pyrrole nitrogens is 1. The highest BCUT2D eigenvalue weighted by atomic mass is 16.2. The van der Waals surface area contributed by atoms with E-state index in [1.807, 2.05) is 44.2 Å². The average molecular weight is 281 g/mol. The Balaban J connectivity index is 1.94. The summed E-state index contributed by atoms with van der Waals surface area (Å²) >= 11 is 0. The molecule has 1 aromatic carbocycles. The third-order valence-corrected chi connectivity index (χ3v) is 3.18. The highest BCUT2D eigenvalue weighted by Crippen LogP contribution is 2.22. The van der Waals surface area contributed by atoms with Crippen molar-refractivity contribution in [1.29, 1.82) is 0 Å². The minimum Gasteiger partial charge on any atom is -0.317 e. The second kappa shape index (κ2) is 5.32. The number of benzene rings is 1. The Morgan fingerprint density at radius 3 is 2.86 bits per heavy atom. The first-order valence-corrected chi connectivity index (χ1v) is 6.76. The third kappa shape index (κ3) is 2.60. The van der Waals surface area contributed by atoms with Crippen LogP contribution >= 0.6 is 0 Å². The lowest BCUT2D eigenvalue weighted by atomic mass is 10.1. The molecule has 3 aromatic rings. The molecule has 0 unspecified atom stereocenters. The van der Waals surface area contributed by atoms with Crippen LogP contribution < -0.4 is 5.32 Å². The van der Waals surface area contributed by atoms with Gasteiger partial charge in [0, 0.05) is 17.5 Å². The minimum absolute atomic E-state index is 0.136. The Morgan fingerprint density at radius 1 is 1.24 bits per heavy atom. The number of aromatic amines is 1. The van der Waals surface area contributed by atoms with Crippen molar-refractivity contribution in [3.63, 3.8) is 0 Å². The Labute approximate surface area is 121 Å². The fraction of sp³-hybridized carbons (Fsp3) is 0.200. The van der Waals surface area contributed by atoms with Crippen LogP contribution in [-0.4, -0.2) is 26.1 Å². The molecular weight excluding hydrogens is 266 g/mol. The van der Waals surface area contributed by atoms with Crippen molar-refractivity contribution in [2.24, 2.45) is 0 Å². The molecule has 1 amide bonds. The fourth-order valence-electron chi connectivity index (χ4n) is 2.08. The Morgan fingerprint density at radius 2 is 2.10 bits per heavy atom. The Bertz CT molecular complexity index is 809. The molecule has 0 aliphatic rings. The van der Waals surface area contributed by atoms with Crippen LogP contribution in [-0.2, 0) is 6.42 Å². The number of aryl methyl sites for hydroxylation is 2. The molecule has 6 nitrogen and oxygen atoms in total. The Hall–Kier alpha value is -2.76. The molecule has 0 fully saturated rings. The van der Waals surface area contributed by atoms with E-state index in [0.29, 0.717) is 17.9 Å². The summed E-state index contributed by atoms with van der Waals surface area (Å²) in [7, 11) is 0. The van der Waals surface area contributed by atoms with E-state index in [4.69, 9.17) is 0 Å². The second-order valence-corrected chi connectivity index (χ2v) is 4.74. The zero-order valence-corrected chi connectivity index (χ0v) is 11.8. The van der Waals surface area contributed by atoms with Crippen molar-refractivity contribution in [3.05, 3.63) is 47.7 Å². The lowest BCUT2D eigenvalue weighted by molar-refractivity contribution is 0.101. The summed E-state index contributed by atoms with van der Waals surface area (Å²) in [6, 6.07) is 9.58.